The lowest BCUT2D eigenvalue weighted by molar-refractivity contribution is 0.331. The SMILES string of the molecule is CC(C)NCCN(C)CCc1ccc2ncoc2c1. The molecule has 2 aromatic rings. The Morgan fingerprint density at radius 1 is 1.32 bits per heavy atom. The molecule has 0 amide bonds. The van der Waals surface area contributed by atoms with Gasteiger partial charge in [-0.15, -0.1) is 0 Å². The third-order valence-corrected chi connectivity index (χ3v) is 3.22. The topological polar surface area (TPSA) is 41.3 Å². The van der Waals surface area contributed by atoms with Crippen LogP contribution in [0, 0.1) is 0 Å². The largest absolute Gasteiger partial charge is 0.443 e. The fourth-order valence-electron chi connectivity index (χ4n) is 2.03. The molecule has 0 atom stereocenters. The molecule has 1 aromatic heterocycles. The number of fused-ring (bicyclic) bond motifs is 1. The van der Waals surface area contributed by atoms with Crippen LogP contribution < -0.4 is 5.32 Å². The van der Waals surface area contributed by atoms with Crippen molar-refractivity contribution in [1.82, 2.24) is 15.2 Å². The van der Waals surface area contributed by atoms with Crippen molar-refractivity contribution in [1.29, 1.82) is 0 Å². The van der Waals surface area contributed by atoms with Crippen LogP contribution in [0.25, 0.3) is 11.1 Å². The Morgan fingerprint density at radius 3 is 2.95 bits per heavy atom. The zero-order valence-corrected chi connectivity index (χ0v) is 12.0. The van der Waals surface area contributed by atoms with Crippen molar-refractivity contribution in [3.05, 3.63) is 30.2 Å². The highest BCUT2D eigenvalue weighted by Gasteiger charge is 2.03. The second-order valence-electron chi connectivity index (χ2n) is 5.32. The van der Waals surface area contributed by atoms with Crippen LogP contribution in [0.2, 0.25) is 0 Å². The second-order valence-corrected chi connectivity index (χ2v) is 5.32. The summed E-state index contributed by atoms with van der Waals surface area (Å²) in [7, 11) is 2.16. The minimum absolute atomic E-state index is 0.558. The zero-order valence-electron chi connectivity index (χ0n) is 12.0. The van der Waals surface area contributed by atoms with Gasteiger partial charge in [0.15, 0.2) is 12.0 Å². The normalized spacial score (nSPS) is 11.8. The Morgan fingerprint density at radius 2 is 2.16 bits per heavy atom. The van der Waals surface area contributed by atoms with Crippen LogP contribution in [0.15, 0.2) is 29.0 Å². The molecule has 0 unspecified atom stereocenters. The van der Waals surface area contributed by atoms with Crippen molar-refractivity contribution < 1.29 is 4.42 Å². The van der Waals surface area contributed by atoms with Crippen LogP contribution in [0.4, 0.5) is 0 Å². The van der Waals surface area contributed by atoms with Gasteiger partial charge in [0.1, 0.15) is 5.52 Å². The molecule has 1 aromatic carbocycles. The highest BCUT2D eigenvalue weighted by molar-refractivity contribution is 5.72. The van der Waals surface area contributed by atoms with E-state index in [1.807, 2.05) is 6.07 Å². The number of hydrogen-bond acceptors (Lipinski definition) is 4. The van der Waals surface area contributed by atoms with E-state index in [-0.39, 0.29) is 0 Å². The first-order valence-electron chi connectivity index (χ1n) is 6.89. The highest BCUT2D eigenvalue weighted by Crippen LogP contribution is 2.14. The molecular formula is C15H23N3O. The smallest absolute Gasteiger partial charge is 0.181 e. The molecule has 0 aliphatic heterocycles. The van der Waals surface area contributed by atoms with E-state index in [2.05, 4.69) is 48.2 Å². The summed E-state index contributed by atoms with van der Waals surface area (Å²) < 4.78 is 5.32. The van der Waals surface area contributed by atoms with Gasteiger partial charge in [-0.1, -0.05) is 19.9 Å². The first-order valence-corrected chi connectivity index (χ1v) is 6.89. The van der Waals surface area contributed by atoms with Gasteiger partial charge in [0.05, 0.1) is 0 Å². The van der Waals surface area contributed by atoms with E-state index in [4.69, 9.17) is 4.42 Å². The van der Waals surface area contributed by atoms with Gasteiger partial charge in [0.25, 0.3) is 0 Å². The minimum Gasteiger partial charge on any atom is -0.443 e. The van der Waals surface area contributed by atoms with Gasteiger partial charge in [-0.05, 0) is 31.2 Å². The Labute approximate surface area is 114 Å². The van der Waals surface area contributed by atoms with E-state index in [9.17, 15) is 0 Å². The van der Waals surface area contributed by atoms with Gasteiger partial charge in [-0.2, -0.15) is 0 Å². The molecule has 2 rings (SSSR count). The average molecular weight is 261 g/mol. The predicted octanol–water partition coefficient (Wildman–Crippen LogP) is 2.30. The minimum atomic E-state index is 0.558. The summed E-state index contributed by atoms with van der Waals surface area (Å²) in [6, 6.07) is 6.80. The summed E-state index contributed by atoms with van der Waals surface area (Å²) in [5.74, 6) is 0. The number of hydrogen-bond donors (Lipinski definition) is 1. The van der Waals surface area contributed by atoms with Gasteiger partial charge in [0, 0.05) is 25.7 Å². The maximum Gasteiger partial charge on any atom is 0.181 e. The molecule has 0 fully saturated rings. The highest BCUT2D eigenvalue weighted by atomic mass is 16.3. The summed E-state index contributed by atoms with van der Waals surface area (Å²) in [6.45, 7) is 7.51. The summed E-state index contributed by atoms with van der Waals surface area (Å²) in [4.78, 5) is 6.47. The van der Waals surface area contributed by atoms with Crippen molar-refractivity contribution in [3.8, 4) is 0 Å². The van der Waals surface area contributed by atoms with Crippen LogP contribution in [-0.4, -0.2) is 42.6 Å². The van der Waals surface area contributed by atoms with Crippen LogP contribution >= 0.6 is 0 Å². The van der Waals surface area contributed by atoms with Crippen molar-refractivity contribution >= 4 is 11.1 Å². The van der Waals surface area contributed by atoms with Gasteiger partial charge in [0.2, 0.25) is 0 Å². The number of rotatable bonds is 7. The summed E-state index contributed by atoms with van der Waals surface area (Å²) in [5.41, 5.74) is 3.10. The molecule has 1 heterocycles. The standard InChI is InChI=1S/C15H23N3O/c1-12(2)16-7-9-18(3)8-6-13-4-5-14-15(10-13)19-11-17-14/h4-5,10-12,16H,6-9H2,1-3H3. The van der Waals surface area contributed by atoms with Gasteiger partial charge >= 0.3 is 0 Å². The van der Waals surface area contributed by atoms with E-state index >= 15 is 0 Å². The van der Waals surface area contributed by atoms with E-state index in [1.54, 1.807) is 0 Å². The molecule has 19 heavy (non-hydrogen) atoms. The summed E-state index contributed by atoms with van der Waals surface area (Å²) >= 11 is 0. The molecule has 1 N–H and O–H groups in total. The van der Waals surface area contributed by atoms with Gasteiger partial charge in [-0.25, -0.2) is 4.98 Å². The fourth-order valence-corrected chi connectivity index (χ4v) is 2.03. The number of oxazole rings is 1. The third-order valence-electron chi connectivity index (χ3n) is 3.22. The maximum absolute atomic E-state index is 5.32. The summed E-state index contributed by atoms with van der Waals surface area (Å²) in [6.07, 6.45) is 2.53. The first-order chi connectivity index (χ1) is 9.15. The molecule has 0 aliphatic carbocycles. The quantitative estimate of drug-likeness (QED) is 0.830. The predicted molar refractivity (Wildman–Crippen MR) is 78.3 cm³/mol. The zero-order chi connectivity index (χ0) is 13.7. The van der Waals surface area contributed by atoms with E-state index < -0.39 is 0 Å². The molecule has 0 bridgehead atoms. The van der Waals surface area contributed by atoms with E-state index in [1.165, 1.54) is 12.0 Å². The lowest BCUT2D eigenvalue weighted by Gasteiger charge is -2.17. The number of aromatic nitrogens is 1. The molecule has 4 nitrogen and oxygen atoms in total. The second kappa shape index (κ2) is 6.68. The van der Waals surface area contributed by atoms with Crippen LogP contribution in [-0.2, 0) is 6.42 Å². The van der Waals surface area contributed by atoms with Crippen molar-refractivity contribution in [2.24, 2.45) is 0 Å². The average Bonchev–Trinajstić information content (AvgIpc) is 2.83. The van der Waals surface area contributed by atoms with Crippen molar-refractivity contribution in [2.75, 3.05) is 26.7 Å². The van der Waals surface area contributed by atoms with Crippen LogP contribution in [0.5, 0.6) is 0 Å². The number of nitrogens with zero attached hydrogens (tertiary/aromatic N) is 2. The Balaban J connectivity index is 1.77. The Hall–Kier alpha value is -1.39. The Bertz CT molecular complexity index is 507. The Kier molecular flexibility index (Phi) is 4.93. The fraction of sp³-hybridized carbons (Fsp3) is 0.533. The molecule has 4 heteroatoms. The van der Waals surface area contributed by atoms with Crippen LogP contribution in [0.3, 0.4) is 0 Å². The van der Waals surface area contributed by atoms with E-state index in [0.29, 0.717) is 6.04 Å². The van der Waals surface area contributed by atoms with Crippen molar-refractivity contribution in [3.63, 3.8) is 0 Å². The number of likely N-dealkylation sites (N-methyl/N-ethyl adjacent to an activating group) is 1. The first kappa shape index (κ1) is 14.0. The molecule has 0 saturated heterocycles. The van der Waals surface area contributed by atoms with Gasteiger partial charge < -0.3 is 14.6 Å². The maximum atomic E-state index is 5.32. The van der Waals surface area contributed by atoms with Crippen molar-refractivity contribution in [2.45, 2.75) is 26.3 Å². The molecular weight excluding hydrogens is 238 g/mol. The number of benzene rings is 1. The summed E-state index contributed by atoms with van der Waals surface area (Å²) in [5, 5.41) is 3.43. The molecule has 0 spiro atoms. The van der Waals surface area contributed by atoms with Gasteiger partial charge in [-0.3, -0.25) is 0 Å². The van der Waals surface area contributed by atoms with Crippen LogP contribution in [0.1, 0.15) is 19.4 Å². The monoisotopic (exact) mass is 261 g/mol. The lowest BCUT2D eigenvalue weighted by Crippen LogP contribution is -2.33. The number of nitrogens with one attached hydrogen (secondary N) is 1. The molecule has 0 saturated carbocycles. The van der Waals surface area contributed by atoms with E-state index in [0.717, 1.165) is 37.2 Å². The third kappa shape index (κ3) is 4.33. The molecule has 0 radical (unpaired) electrons. The molecule has 0 aliphatic rings. The molecule has 104 valence electrons. The lowest BCUT2D eigenvalue weighted by atomic mass is 10.1.